The molecule has 0 fully saturated rings. The molecule has 5 heteroatoms. The molecule has 2 aromatic heterocycles. The smallest absolute Gasteiger partial charge is 0.202 e. The molecule has 0 aliphatic heterocycles. The first kappa shape index (κ1) is 14.8. The van der Waals surface area contributed by atoms with Crippen LogP contribution >= 0.6 is 0 Å². The van der Waals surface area contributed by atoms with Crippen LogP contribution in [-0.2, 0) is 0 Å². The van der Waals surface area contributed by atoms with Crippen LogP contribution in [0.4, 0.5) is 0 Å². The van der Waals surface area contributed by atoms with Crippen molar-refractivity contribution >= 4 is 21.9 Å². The maximum absolute atomic E-state index is 10.9. The van der Waals surface area contributed by atoms with Gasteiger partial charge < -0.3 is 19.4 Å². The molecule has 0 saturated carbocycles. The summed E-state index contributed by atoms with van der Waals surface area (Å²) in [4.78, 5) is 0. The van der Waals surface area contributed by atoms with Crippen molar-refractivity contribution in [3.05, 3.63) is 59.7 Å². The minimum absolute atomic E-state index is 0.0770. The van der Waals surface area contributed by atoms with Crippen LogP contribution < -0.4 is 4.74 Å². The van der Waals surface area contributed by atoms with E-state index in [1.54, 1.807) is 7.11 Å². The lowest BCUT2D eigenvalue weighted by Gasteiger charge is -2.13. The number of rotatable bonds is 2. The van der Waals surface area contributed by atoms with Crippen molar-refractivity contribution in [2.24, 2.45) is 0 Å². The molecule has 2 aliphatic carbocycles. The third-order valence-corrected chi connectivity index (χ3v) is 5.94. The quantitative estimate of drug-likeness (QED) is 0.498. The number of allylic oxidation sites excluding steroid dienone is 2. The highest BCUT2D eigenvalue weighted by Gasteiger charge is 2.41. The summed E-state index contributed by atoms with van der Waals surface area (Å²) in [5.74, 6) is 1.05. The molecule has 0 amide bonds. The van der Waals surface area contributed by atoms with Gasteiger partial charge in [-0.25, -0.2) is 4.57 Å². The summed E-state index contributed by atoms with van der Waals surface area (Å²) in [6, 6.07) is 11.5. The normalized spacial score (nSPS) is 20.0. The molecule has 27 heavy (non-hydrogen) atoms. The van der Waals surface area contributed by atoms with E-state index in [-0.39, 0.29) is 23.6 Å². The predicted molar refractivity (Wildman–Crippen MR) is 102 cm³/mol. The first-order chi connectivity index (χ1) is 13.2. The lowest BCUT2D eigenvalue weighted by Crippen LogP contribution is -1.99. The highest BCUT2D eigenvalue weighted by Crippen LogP contribution is 2.57. The number of furan rings is 1. The van der Waals surface area contributed by atoms with Gasteiger partial charge >= 0.3 is 0 Å². The summed E-state index contributed by atoms with van der Waals surface area (Å²) < 4.78 is 13.1. The number of ether oxygens (including phenoxy) is 1. The summed E-state index contributed by atoms with van der Waals surface area (Å²) in [5.41, 5.74) is 3.68. The van der Waals surface area contributed by atoms with Crippen LogP contribution in [-0.4, -0.2) is 21.9 Å². The molecule has 0 radical (unpaired) electrons. The Morgan fingerprint density at radius 3 is 2.37 bits per heavy atom. The Balaban J connectivity index is 1.66. The molecular weight excluding hydrogens is 342 g/mol. The van der Waals surface area contributed by atoms with Crippen molar-refractivity contribution in [2.45, 2.75) is 18.3 Å². The third kappa shape index (κ3) is 1.74. The van der Waals surface area contributed by atoms with Gasteiger partial charge in [-0.2, -0.15) is 0 Å². The van der Waals surface area contributed by atoms with Gasteiger partial charge in [-0.3, -0.25) is 0 Å². The van der Waals surface area contributed by atoms with Crippen molar-refractivity contribution < 1.29 is 19.4 Å². The Morgan fingerprint density at radius 2 is 1.67 bits per heavy atom. The summed E-state index contributed by atoms with van der Waals surface area (Å²) in [5, 5.41) is 23.8. The number of fused-ring (bicyclic) bond motifs is 8. The monoisotopic (exact) mass is 359 g/mol. The van der Waals surface area contributed by atoms with E-state index >= 15 is 0 Å². The Labute approximate surface area is 154 Å². The summed E-state index contributed by atoms with van der Waals surface area (Å²) >= 11 is 0. The predicted octanol–water partition coefficient (Wildman–Crippen LogP) is 4.94. The van der Waals surface area contributed by atoms with Gasteiger partial charge in [0.2, 0.25) is 11.8 Å². The molecule has 2 unspecified atom stereocenters. The molecule has 5 nitrogen and oxygen atoms in total. The van der Waals surface area contributed by atoms with E-state index in [2.05, 4.69) is 12.2 Å². The molecule has 2 aromatic carbocycles. The second-order valence-corrected chi connectivity index (χ2v) is 7.26. The van der Waals surface area contributed by atoms with E-state index in [4.69, 9.17) is 9.15 Å². The van der Waals surface area contributed by atoms with Crippen LogP contribution in [0.5, 0.6) is 17.5 Å². The first-order valence-corrected chi connectivity index (χ1v) is 9.01. The van der Waals surface area contributed by atoms with Crippen molar-refractivity contribution in [1.82, 2.24) is 4.57 Å². The van der Waals surface area contributed by atoms with Crippen LogP contribution in [0.2, 0.25) is 0 Å². The van der Waals surface area contributed by atoms with E-state index in [9.17, 15) is 10.2 Å². The average molecular weight is 359 g/mol. The molecule has 2 bridgehead atoms. The minimum atomic E-state index is 0.0770. The van der Waals surface area contributed by atoms with Gasteiger partial charge in [0.05, 0.1) is 12.8 Å². The first-order valence-electron chi connectivity index (χ1n) is 9.01. The van der Waals surface area contributed by atoms with Crippen LogP contribution in [0, 0.1) is 0 Å². The third-order valence-electron chi connectivity index (χ3n) is 5.94. The van der Waals surface area contributed by atoms with Gasteiger partial charge in [-0.15, -0.1) is 0 Å². The van der Waals surface area contributed by atoms with Gasteiger partial charge in [-0.1, -0.05) is 30.4 Å². The molecule has 2 N–H and O–H groups in total. The average Bonchev–Trinajstić information content (AvgIpc) is 3.42. The topological polar surface area (TPSA) is 67.8 Å². The fourth-order valence-corrected chi connectivity index (χ4v) is 4.75. The number of nitrogens with zero attached hydrogens (tertiary/aromatic N) is 1. The molecule has 0 saturated heterocycles. The van der Waals surface area contributed by atoms with E-state index in [0.29, 0.717) is 17.0 Å². The Bertz CT molecular complexity index is 1240. The second kappa shape index (κ2) is 4.88. The van der Waals surface area contributed by atoms with Crippen LogP contribution in [0.15, 0.2) is 53.0 Å². The number of hydrogen-bond donors (Lipinski definition) is 2. The lowest BCUT2D eigenvalue weighted by molar-refractivity contribution is 0.382. The van der Waals surface area contributed by atoms with E-state index in [0.717, 1.165) is 33.9 Å². The van der Waals surface area contributed by atoms with Crippen molar-refractivity contribution in [3.8, 4) is 23.2 Å². The second-order valence-electron chi connectivity index (χ2n) is 7.26. The fourth-order valence-electron chi connectivity index (χ4n) is 4.75. The van der Waals surface area contributed by atoms with E-state index in [1.165, 1.54) is 4.57 Å². The highest BCUT2D eigenvalue weighted by molar-refractivity contribution is 6.06. The Hall–Kier alpha value is -3.34. The van der Waals surface area contributed by atoms with Crippen molar-refractivity contribution in [1.29, 1.82) is 0 Å². The number of aromatic nitrogens is 1. The number of benzene rings is 2. The van der Waals surface area contributed by atoms with Gasteiger partial charge in [-0.05, 0) is 18.6 Å². The Kier molecular flexibility index (Phi) is 2.67. The van der Waals surface area contributed by atoms with E-state index < -0.39 is 0 Å². The number of aromatic hydroxyl groups is 2. The van der Waals surface area contributed by atoms with Gasteiger partial charge in [0.25, 0.3) is 0 Å². The molecular formula is C22H17NO4. The van der Waals surface area contributed by atoms with Crippen LogP contribution in [0.1, 0.15) is 29.4 Å². The number of methoxy groups -OCH3 is 1. The maximum Gasteiger partial charge on any atom is 0.202 e. The van der Waals surface area contributed by atoms with Crippen molar-refractivity contribution in [2.75, 3.05) is 7.11 Å². The molecule has 2 atom stereocenters. The summed E-state index contributed by atoms with van der Waals surface area (Å²) in [6.45, 7) is 0. The van der Waals surface area contributed by atoms with Crippen LogP contribution in [0.3, 0.4) is 0 Å². The summed E-state index contributed by atoms with van der Waals surface area (Å²) in [6.07, 6.45) is 5.14. The number of para-hydroxylation sites is 1. The Morgan fingerprint density at radius 1 is 0.963 bits per heavy atom. The van der Waals surface area contributed by atoms with E-state index in [1.807, 2.05) is 36.4 Å². The molecule has 4 aromatic rings. The zero-order valence-electron chi connectivity index (χ0n) is 14.6. The zero-order chi connectivity index (χ0) is 18.3. The van der Waals surface area contributed by atoms with Gasteiger partial charge in [0, 0.05) is 39.8 Å². The standard InChI is InChI=1S/C22H17NO4/c1-26-18-9-14-13-4-2-3-5-16(13)27-17(14)10-15(18)23-21(24)19-11-6-7-12(8-11)20(19)22(23)25/h2-7,9-12,24-25H,8H2,1H3. The fraction of sp³-hybridized carbons (Fsp3) is 0.182. The largest absolute Gasteiger partial charge is 0.495 e. The highest BCUT2D eigenvalue weighted by atomic mass is 16.5. The molecule has 6 rings (SSSR count). The molecule has 134 valence electrons. The zero-order valence-corrected chi connectivity index (χ0v) is 14.6. The lowest BCUT2D eigenvalue weighted by atomic mass is 10.0. The van der Waals surface area contributed by atoms with Crippen molar-refractivity contribution in [3.63, 3.8) is 0 Å². The SMILES string of the molecule is COc1cc2c(cc1-n1c(O)c3c(c1O)C1C=CC3C1)oc1ccccc12. The van der Waals surface area contributed by atoms with Gasteiger partial charge in [0.15, 0.2) is 0 Å². The molecule has 2 heterocycles. The minimum Gasteiger partial charge on any atom is -0.495 e. The summed E-state index contributed by atoms with van der Waals surface area (Å²) in [7, 11) is 1.59. The maximum atomic E-state index is 10.9. The van der Waals surface area contributed by atoms with Gasteiger partial charge in [0.1, 0.15) is 16.9 Å². The number of hydrogen-bond acceptors (Lipinski definition) is 4. The van der Waals surface area contributed by atoms with Crippen LogP contribution in [0.25, 0.3) is 27.6 Å². The molecule has 0 spiro atoms. The molecule has 2 aliphatic rings.